The summed E-state index contributed by atoms with van der Waals surface area (Å²) >= 11 is 0. The van der Waals surface area contributed by atoms with E-state index >= 15 is 0 Å². The molecule has 3 rings (SSSR count). The largest absolute Gasteiger partial charge is 0.460 e. The van der Waals surface area contributed by atoms with E-state index in [4.69, 9.17) is 9.57 Å². The number of esters is 1. The molecule has 1 saturated carbocycles. The molecule has 172 valence electrons. The van der Waals surface area contributed by atoms with Crippen molar-refractivity contribution < 1.29 is 19.6 Å². The highest BCUT2D eigenvalue weighted by atomic mass is 16.9. The van der Waals surface area contributed by atoms with Gasteiger partial charge in [-0.2, -0.15) is 5.10 Å². The van der Waals surface area contributed by atoms with Gasteiger partial charge in [0.2, 0.25) is 12.1 Å². The number of H-pyrrole nitrogens is 1. The Hall–Kier alpha value is -2.26. The molecule has 1 fully saturated rings. The minimum atomic E-state index is -0.897. The van der Waals surface area contributed by atoms with Gasteiger partial charge in [-0.3, -0.25) is 14.8 Å². The maximum absolute atomic E-state index is 12.5. The van der Waals surface area contributed by atoms with Crippen molar-refractivity contribution in [3.63, 3.8) is 0 Å². The van der Waals surface area contributed by atoms with E-state index in [2.05, 4.69) is 15.2 Å². The van der Waals surface area contributed by atoms with Gasteiger partial charge in [0, 0.05) is 17.2 Å². The fourth-order valence-electron chi connectivity index (χ4n) is 4.22. The van der Waals surface area contributed by atoms with Crippen molar-refractivity contribution in [1.82, 2.24) is 15.4 Å². The Bertz CT molecular complexity index is 805. The van der Waals surface area contributed by atoms with E-state index in [9.17, 15) is 14.8 Å². The van der Waals surface area contributed by atoms with E-state index in [1.54, 1.807) is 0 Å². The minimum Gasteiger partial charge on any atom is -0.460 e. The average Bonchev–Trinajstić information content (AvgIpc) is 3.09. The molecule has 1 aromatic heterocycles. The van der Waals surface area contributed by atoms with E-state index in [0.29, 0.717) is 17.3 Å². The standard InChI is InChI=1S/C22H34N4O5/c1-22(2,3)30-19(28)14-16(11-7-10-15-8-5-4-6-9-15)21-23-20(26(29)31-21)17-12-13-18(27)25-24-17/h12-13,15-16,20,29H,4-11,14H2,1-3H3,(H,25,27)/t16-,20?/m1/s1. The van der Waals surface area contributed by atoms with Crippen LogP contribution in [0.2, 0.25) is 0 Å². The topological polar surface area (TPSA) is 117 Å². The first-order valence-corrected chi connectivity index (χ1v) is 11.2. The SMILES string of the molecule is CC(C)(C)OC(=O)C[C@@H](CCCC1CCCCC1)C1=NC(c2ccc(=O)[nH]n2)N(O)O1. The zero-order valence-electron chi connectivity index (χ0n) is 18.7. The molecule has 1 unspecified atom stereocenters. The zero-order valence-corrected chi connectivity index (χ0v) is 18.7. The lowest BCUT2D eigenvalue weighted by atomic mass is 9.84. The monoisotopic (exact) mass is 434 g/mol. The van der Waals surface area contributed by atoms with Gasteiger partial charge in [-0.25, -0.2) is 10.1 Å². The second kappa shape index (κ2) is 10.4. The number of aromatic nitrogens is 2. The van der Waals surface area contributed by atoms with Gasteiger partial charge in [0.1, 0.15) is 11.3 Å². The Balaban J connectivity index is 1.69. The lowest BCUT2D eigenvalue weighted by molar-refractivity contribution is -0.306. The third-order valence-electron chi connectivity index (χ3n) is 5.68. The van der Waals surface area contributed by atoms with Crippen LogP contribution in [0.1, 0.15) is 90.4 Å². The second-order valence-electron chi connectivity index (χ2n) is 9.50. The van der Waals surface area contributed by atoms with Gasteiger partial charge in [0.15, 0.2) is 0 Å². The quantitative estimate of drug-likeness (QED) is 0.596. The number of aromatic amines is 1. The Labute approximate surface area is 182 Å². The first-order chi connectivity index (χ1) is 14.7. The number of rotatable bonds is 8. The van der Waals surface area contributed by atoms with Crippen molar-refractivity contribution in [2.75, 3.05) is 0 Å². The summed E-state index contributed by atoms with van der Waals surface area (Å²) in [5.74, 6) is 0.405. The maximum atomic E-state index is 12.5. The number of carbonyl (C=O) groups excluding carboxylic acids is 1. The van der Waals surface area contributed by atoms with E-state index in [0.717, 1.165) is 18.8 Å². The maximum Gasteiger partial charge on any atom is 0.307 e. The van der Waals surface area contributed by atoms with Crippen LogP contribution in [0, 0.1) is 11.8 Å². The molecule has 0 bridgehead atoms. The fourth-order valence-corrected chi connectivity index (χ4v) is 4.22. The number of nitrogens with zero attached hydrogens (tertiary/aromatic N) is 3. The second-order valence-corrected chi connectivity index (χ2v) is 9.50. The summed E-state index contributed by atoms with van der Waals surface area (Å²) in [6, 6.07) is 2.79. The Morgan fingerprint density at radius 2 is 2.06 bits per heavy atom. The molecular formula is C22H34N4O5. The first-order valence-electron chi connectivity index (χ1n) is 11.2. The van der Waals surface area contributed by atoms with E-state index < -0.39 is 11.8 Å². The number of nitrogens with one attached hydrogen (secondary N) is 1. The normalized spacial score (nSPS) is 21.4. The fraction of sp³-hybridized carbons (Fsp3) is 0.727. The number of carbonyl (C=O) groups is 1. The molecule has 0 radical (unpaired) electrons. The average molecular weight is 435 g/mol. The molecule has 9 nitrogen and oxygen atoms in total. The van der Waals surface area contributed by atoms with Crippen LogP contribution in [0.3, 0.4) is 0 Å². The summed E-state index contributed by atoms with van der Waals surface area (Å²) in [6.07, 6.45) is 8.50. The molecule has 1 aliphatic carbocycles. The van der Waals surface area contributed by atoms with Crippen molar-refractivity contribution in [2.45, 2.75) is 90.3 Å². The lowest BCUT2D eigenvalue weighted by Gasteiger charge is -2.24. The first kappa shape index (κ1) is 23.4. The van der Waals surface area contributed by atoms with Gasteiger partial charge in [-0.05, 0) is 39.2 Å². The number of aliphatic imine (C=N–C) groups is 1. The predicted molar refractivity (Wildman–Crippen MR) is 114 cm³/mol. The van der Waals surface area contributed by atoms with Crippen LogP contribution in [0.4, 0.5) is 0 Å². The van der Waals surface area contributed by atoms with Gasteiger partial charge >= 0.3 is 5.97 Å². The summed E-state index contributed by atoms with van der Waals surface area (Å²) in [7, 11) is 0. The van der Waals surface area contributed by atoms with Gasteiger partial charge in [0.25, 0.3) is 5.56 Å². The van der Waals surface area contributed by atoms with Gasteiger partial charge in [0.05, 0.1) is 6.42 Å². The molecule has 2 atom stereocenters. The van der Waals surface area contributed by atoms with Crippen molar-refractivity contribution >= 4 is 11.9 Å². The predicted octanol–water partition coefficient (Wildman–Crippen LogP) is 3.90. The molecule has 0 amide bonds. The molecule has 2 heterocycles. The van der Waals surface area contributed by atoms with Crippen LogP contribution in [0.5, 0.6) is 0 Å². The van der Waals surface area contributed by atoms with Crippen LogP contribution in [-0.4, -0.2) is 38.1 Å². The van der Waals surface area contributed by atoms with Crippen molar-refractivity contribution in [2.24, 2.45) is 16.8 Å². The van der Waals surface area contributed by atoms with Gasteiger partial charge in [-0.15, -0.1) is 0 Å². The van der Waals surface area contributed by atoms with Gasteiger partial charge < -0.3 is 9.57 Å². The molecule has 2 aliphatic rings. The molecule has 1 aliphatic heterocycles. The third kappa shape index (κ3) is 7.14. The highest BCUT2D eigenvalue weighted by molar-refractivity contribution is 5.84. The summed E-state index contributed by atoms with van der Waals surface area (Å²) in [4.78, 5) is 33.7. The van der Waals surface area contributed by atoms with E-state index in [1.165, 1.54) is 44.2 Å². The summed E-state index contributed by atoms with van der Waals surface area (Å²) < 4.78 is 5.50. The lowest BCUT2D eigenvalue weighted by Crippen LogP contribution is -2.29. The zero-order chi connectivity index (χ0) is 22.4. The van der Waals surface area contributed by atoms with E-state index in [1.807, 2.05) is 20.8 Å². The summed E-state index contributed by atoms with van der Waals surface area (Å²) in [5, 5.41) is 17.1. The van der Waals surface area contributed by atoms with Crippen LogP contribution in [0.25, 0.3) is 0 Å². The smallest absolute Gasteiger partial charge is 0.307 e. The molecule has 1 aromatic rings. The molecule has 0 spiro atoms. The third-order valence-corrected chi connectivity index (χ3v) is 5.68. The molecule has 0 saturated heterocycles. The number of hydrogen-bond acceptors (Lipinski definition) is 8. The molecular weight excluding hydrogens is 400 g/mol. The molecule has 2 N–H and O–H groups in total. The Morgan fingerprint density at radius 3 is 2.71 bits per heavy atom. The summed E-state index contributed by atoms with van der Waals surface area (Å²) in [6.45, 7) is 5.50. The Kier molecular flexibility index (Phi) is 7.83. The van der Waals surface area contributed by atoms with E-state index in [-0.39, 0.29) is 29.8 Å². The van der Waals surface area contributed by atoms with Crippen LogP contribution >= 0.6 is 0 Å². The number of hydrogen-bond donors (Lipinski definition) is 2. The molecule has 9 heteroatoms. The van der Waals surface area contributed by atoms with Crippen molar-refractivity contribution in [3.05, 3.63) is 28.2 Å². The highest BCUT2D eigenvalue weighted by Crippen LogP contribution is 2.32. The number of ether oxygens (including phenoxy) is 1. The summed E-state index contributed by atoms with van der Waals surface area (Å²) in [5.41, 5.74) is -0.579. The van der Waals surface area contributed by atoms with Crippen LogP contribution < -0.4 is 5.56 Å². The highest BCUT2D eigenvalue weighted by Gasteiger charge is 2.36. The van der Waals surface area contributed by atoms with Crippen molar-refractivity contribution in [1.29, 1.82) is 0 Å². The van der Waals surface area contributed by atoms with Crippen molar-refractivity contribution in [3.8, 4) is 0 Å². The van der Waals surface area contributed by atoms with Gasteiger partial charge in [-0.1, -0.05) is 44.9 Å². The van der Waals surface area contributed by atoms with Crippen LogP contribution in [-0.2, 0) is 14.4 Å². The van der Waals surface area contributed by atoms with Crippen LogP contribution in [0.15, 0.2) is 21.9 Å². The molecule has 0 aromatic carbocycles. The minimum absolute atomic E-state index is 0.125. The molecule has 31 heavy (non-hydrogen) atoms. The number of hydroxylamine groups is 2. The Morgan fingerprint density at radius 1 is 1.32 bits per heavy atom.